The van der Waals surface area contributed by atoms with E-state index in [1.807, 2.05) is 0 Å². The highest BCUT2D eigenvalue weighted by Crippen LogP contribution is 2.12. The maximum atomic E-state index is 5.73. The number of halogens is 1. The van der Waals surface area contributed by atoms with Crippen molar-refractivity contribution in [3.63, 3.8) is 0 Å². The van der Waals surface area contributed by atoms with Crippen molar-refractivity contribution in [1.82, 2.24) is 10.6 Å². The highest BCUT2D eigenvalue weighted by molar-refractivity contribution is 14.0. The Bertz CT molecular complexity index is 508. The van der Waals surface area contributed by atoms with E-state index in [0.717, 1.165) is 64.9 Å². The first kappa shape index (κ1) is 25.2. The normalized spacial score (nSPS) is 16.6. The summed E-state index contributed by atoms with van der Waals surface area (Å²) in [4.78, 5) is 4.64. The summed E-state index contributed by atoms with van der Waals surface area (Å²) in [6, 6.07) is 10.7. The number of ether oxygens (including phenoxy) is 2. The van der Waals surface area contributed by atoms with Crippen LogP contribution in [0.5, 0.6) is 0 Å². The van der Waals surface area contributed by atoms with Crippen LogP contribution in [0.1, 0.15) is 44.6 Å². The molecule has 1 aromatic carbocycles. The highest BCUT2D eigenvalue weighted by Gasteiger charge is 2.15. The number of hydrogen-bond acceptors (Lipinski definition) is 3. The van der Waals surface area contributed by atoms with Crippen molar-refractivity contribution < 1.29 is 9.47 Å². The molecule has 1 saturated heterocycles. The maximum Gasteiger partial charge on any atom is 0.191 e. The predicted molar refractivity (Wildman–Crippen MR) is 128 cm³/mol. The van der Waals surface area contributed by atoms with Crippen LogP contribution in [0.3, 0.4) is 0 Å². The number of benzene rings is 1. The van der Waals surface area contributed by atoms with Crippen molar-refractivity contribution in [3.05, 3.63) is 35.9 Å². The molecule has 6 heteroatoms. The smallest absolute Gasteiger partial charge is 0.191 e. The first-order valence-corrected chi connectivity index (χ1v) is 10.6. The molecular weight excluding hydrogens is 465 g/mol. The molecule has 160 valence electrons. The summed E-state index contributed by atoms with van der Waals surface area (Å²) in [7, 11) is 0. The first-order chi connectivity index (χ1) is 13.4. The Balaban J connectivity index is 0.00000392. The van der Waals surface area contributed by atoms with E-state index in [1.165, 1.54) is 31.2 Å². The third-order valence-electron chi connectivity index (χ3n) is 4.72. The van der Waals surface area contributed by atoms with Crippen LogP contribution in [0.15, 0.2) is 35.3 Å². The minimum atomic E-state index is 0. The van der Waals surface area contributed by atoms with Crippen LogP contribution < -0.4 is 10.6 Å². The molecule has 0 bridgehead atoms. The molecule has 0 aliphatic carbocycles. The molecule has 1 heterocycles. The van der Waals surface area contributed by atoms with E-state index in [0.29, 0.717) is 5.92 Å². The zero-order chi connectivity index (χ0) is 19.0. The molecule has 2 N–H and O–H groups in total. The van der Waals surface area contributed by atoms with Crippen molar-refractivity contribution in [3.8, 4) is 0 Å². The Labute approximate surface area is 188 Å². The van der Waals surface area contributed by atoms with Crippen LogP contribution in [-0.4, -0.2) is 52.0 Å². The monoisotopic (exact) mass is 503 g/mol. The number of aliphatic imine (C=N–C) groups is 1. The molecule has 0 spiro atoms. The summed E-state index contributed by atoms with van der Waals surface area (Å²) < 4.78 is 11.1. The van der Waals surface area contributed by atoms with E-state index in [-0.39, 0.29) is 24.0 Å². The van der Waals surface area contributed by atoms with E-state index in [1.54, 1.807) is 0 Å². The lowest BCUT2D eigenvalue weighted by Crippen LogP contribution is -2.37. The molecule has 0 aromatic heterocycles. The number of nitrogens with zero attached hydrogens (tertiary/aromatic N) is 1. The Hall–Kier alpha value is -0.860. The summed E-state index contributed by atoms with van der Waals surface area (Å²) >= 11 is 0. The first-order valence-electron chi connectivity index (χ1n) is 10.6. The fraction of sp³-hybridized carbons (Fsp3) is 0.682. The molecule has 1 unspecified atom stereocenters. The largest absolute Gasteiger partial charge is 0.381 e. The van der Waals surface area contributed by atoms with Crippen LogP contribution in [0, 0.1) is 5.92 Å². The minimum Gasteiger partial charge on any atom is -0.381 e. The highest BCUT2D eigenvalue weighted by atomic mass is 127. The van der Waals surface area contributed by atoms with Gasteiger partial charge in [-0.1, -0.05) is 36.8 Å². The van der Waals surface area contributed by atoms with Gasteiger partial charge in [-0.2, -0.15) is 0 Å². The Morgan fingerprint density at radius 3 is 2.75 bits per heavy atom. The van der Waals surface area contributed by atoms with E-state index in [2.05, 4.69) is 52.9 Å². The summed E-state index contributed by atoms with van der Waals surface area (Å²) in [6.07, 6.45) is 6.91. The molecule has 1 atom stereocenters. The number of hydrogen-bond donors (Lipinski definition) is 2. The van der Waals surface area contributed by atoms with Crippen LogP contribution in [0.2, 0.25) is 0 Å². The molecule has 0 amide bonds. The third kappa shape index (κ3) is 11.9. The number of aryl methyl sites for hydroxylation is 1. The van der Waals surface area contributed by atoms with Crippen molar-refractivity contribution in [1.29, 1.82) is 0 Å². The zero-order valence-corrected chi connectivity index (χ0v) is 19.7. The van der Waals surface area contributed by atoms with Crippen LogP contribution in [-0.2, 0) is 15.9 Å². The summed E-state index contributed by atoms with van der Waals surface area (Å²) in [5, 5.41) is 6.75. The minimum absolute atomic E-state index is 0. The summed E-state index contributed by atoms with van der Waals surface area (Å²) in [6.45, 7) is 8.11. The molecular formula is C22H38IN3O2. The van der Waals surface area contributed by atoms with Crippen molar-refractivity contribution in [2.75, 3.05) is 46.1 Å². The molecule has 0 saturated carbocycles. The molecule has 1 aliphatic rings. The van der Waals surface area contributed by atoms with Crippen LogP contribution in [0.25, 0.3) is 0 Å². The number of rotatable bonds is 13. The van der Waals surface area contributed by atoms with Crippen LogP contribution >= 0.6 is 24.0 Å². The van der Waals surface area contributed by atoms with Crippen molar-refractivity contribution >= 4 is 29.9 Å². The van der Waals surface area contributed by atoms with Gasteiger partial charge < -0.3 is 20.1 Å². The Morgan fingerprint density at radius 2 is 2.00 bits per heavy atom. The lowest BCUT2D eigenvalue weighted by Gasteiger charge is -2.11. The van der Waals surface area contributed by atoms with Gasteiger partial charge in [-0.05, 0) is 44.6 Å². The third-order valence-corrected chi connectivity index (χ3v) is 4.72. The van der Waals surface area contributed by atoms with Gasteiger partial charge in [0.25, 0.3) is 0 Å². The van der Waals surface area contributed by atoms with Gasteiger partial charge in [-0.25, -0.2) is 0 Å². The molecule has 1 aromatic rings. The van der Waals surface area contributed by atoms with E-state index >= 15 is 0 Å². The molecule has 5 nitrogen and oxygen atoms in total. The number of guanidine groups is 1. The standard InChI is InChI=1S/C22H37N3O2.HI/c1-2-23-22(25-15-9-16-26-18-21-13-17-27-19-21)24-14-8-4-7-12-20-10-5-3-6-11-20;/h3,5-6,10-11,21H,2,4,7-9,12-19H2,1H3,(H2,23,24,25);1H. The number of nitrogens with one attached hydrogen (secondary N) is 2. The van der Waals surface area contributed by atoms with Gasteiger partial charge in [-0.3, -0.25) is 4.99 Å². The lowest BCUT2D eigenvalue weighted by molar-refractivity contribution is 0.0893. The van der Waals surface area contributed by atoms with Gasteiger partial charge in [-0.15, -0.1) is 24.0 Å². The second-order valence-electron chi connectivity index (χ2n) is 7.14. The molecule has 28 heavy (non-hydrogen) atoms. The van der Waals surface area contributed by atoms with Gasteiger partial charge in [0.2, 0.25) is 0 Å². The number of unbranched alkanes of at least 4 members (excludes halogenated alkanes) is 2. The lowest BCUT2D eigenvalue weighted by atomic mass is 10.1. The average Bonchev–Trinajstić information content (AvgIpc) is 3.21. The Morgan fingerprint density at radius 1 is 1.14 bits per heavy atom. The summed E-state index contributed by atoms with van der Waals surface area (Å²) in [5.74, 6) is 1.51. The molecule has 1 fully saturated rings. The van der Waals surface area contributed by atoms with Gasteiger partial charge >= 0.3 is 0 Å². The van der Waals surface area contributed by atoms with E-state index in [4.69, 9.17) is 9.47 Å². The quantitative estimate of drug-likeness (QED) is 0.185. The van der Waals surface area contributed by atoms with Crippen molar-refractivity contribution in [2.45, 2.75) is 45.4 Å². The molecule has 1 aliphatic heterocycles. The van der Waals surface area contributed by atoms with Crippen LogP contribution in [0.4, 0.5) is 0 Å². The van der Waals surface area contributed by atoms with E-state index in [9.17, 15) is 0 Å². The van der Waals surface area contributed by atoms with E-state index < -0.39 is 0 Å². The zero-order valence-electron chi connectivity index (χ0n) is 17.3. The topological polar surface area (TPSA) is 54.9 Å². The maximum absolute atomic E-state index is 5.73. The fourth-order valence-corrected chi connectivity index (χ4v) is 3.15. The van der Waals surface area contributed by atoms with Gasteiger partial charge in [0, 0.05) is 38.8 Å². The van der Waals surface area contributed by atoms with Gasteiger partial charge in [0.15, 0.2) is 5.96 Å². The second-order valence-corrected chi connectivity index (χ2v) is 7.14. The van der Waals surface area contributed by atoms with Gasteiger partial charge in [0.05, 0.1) is 13.2 Å². The SMILES string of the molecule is CCNC(=NCCCOCC1CCOC1)NCCCCCc1ccccc1.I. The van der Waals surface area contributed by atoms with Gasteiger partial charge in [0.1, 0.15) is 0 Å². The van der Waals surface area contributed by atoms with Crippen molar-refractivity contribution in [2.24, 2.45) is 10.9 Å². The Kier molecular flexibility index (Phi) is 15.3. The second kappa shape index (κ2) is 17.0. The predicted octanol–water partition coefficient (Wildman–Crippen LogP) is 4.02. The fourth-order valence-electron chi connectivity index (χ4n) is 3.15. The molecule has 0 radical (unpaired) electrons. The summed E-state index contributed by atoms with van der Waals surface area (Å²) in [5.41, 5.74) is 1.43. The average molecular weight is 503 g/mol. The molecule has 2 rings (SSSR count).